The van der Waals surface area contributed by atoms with E-state index in [0.29, 0.717) is 12.5 Å². The van der Waals surface area contributed by atoms with Gasteiger partial charge in [0.1, 0.15) is 0 Å². The second-order valence-corrected chi connectivity index (χ2v) is 5.70. The molecule has 0 bridgehead atoms. The smallest absolute Gasteiger partial charge is 0.228 e. The molecule has 2 atom stereocenters. The third-order valence-electron chi connectivity index (χ3n) is 4.25. The van der Waals surface area contributed by atoms with E-state index in [0.717, 1.165) is 12.8 Å². The summed E-state index contributed by atoms with van der Waals surface area (Å²) in [6.45, 7) is 2.86. The van der Waals surface area contributed by atoms with E-state index in [2.05, 4.69) is 43.3 Å². The van der Waals surface area contributed by atoms with Crippen LogP contribution >= 0.6 is 0 Å². The maximum atomic E-state index is 12.5. The minimum absolute atomic E-state index is 0.154. The van der Waals surface area contributed by atoms with Gasteiger partial charge < -0.3 is 4.90 Å². The fourth-order valence-electron chi connectivity index (χ4n) is 3.23. The summed E-state index contributed by atoms with van der Waals surface area (Å²) < 4.78 is 0. The van der Waals surface area contributed by atoms with Crippen LogP contribution in [0, 0.1) is 5.92 Å². The van der Waals surface area contributed by atoms with Gasteiger partial charge in [-0.2, -0.15) is 0 Å². The largest absolute Gasteiger partial charge is 0.330 e. The van der Waals surface area contributed by atoms with E-state index in [4.69, 9.17) is 0 Å². The first kappa shape index (κ1) is 13.9. The number of amides is 1. The van der Waals surface area contributed by atoms with Crippen molar-refractivity contribution in [2.75, 3.05) is 0 Å². The first-order chi connectivity index (χ1) is 10.3. The summed E-state index contributed by atoms with van der Waals surface area (Å²) in [6.07, 6.45) is 2.03. The van der Waals surface area contributed by atoms with Crippen molar-refractivity contribution in [2.24, 2.45) is 5.92 Å². The zero-order valence-electron chi connectivity index (χ0n) is 12.4. The first-order valence-electron chi connectivity index (χ1n) is 7.70. The van der Waals surface area contributed by atoms with E-state index < -0.39 is 0 Å². The predicted molar refractivity (Wildman–Crippen MR) is 84.6 cm³/mol. The zero-order valence-corrected chi connectivity index (χ0v) is 12.4. The Kier molecular flexibility index (Phi) is 4.05. The summed E-state index contributed by atoms with van der Waals surface area (Å²) in [5.74, 6) is 0.454. The molecule has 0 saturated carbocycles. The van der Waals surface area contributed by atoms with Crippen molar-refractivity contribution < 1.29 is 4.79 Å². The van der Waals surface area contributed by atoms with Gasteiger partial charge in [0.25, 0.3) is 0 Å². The highest BCUT2D eigenvalue weighted by Gasteiger charge is 2.46. The molecule has 108 valence electrons. The SMILES string of the molecule is CCCC1C(=O)N(Cc2ccccc2)C1c1ccccc1. The summed E-state index contributed by atoms with van der Waals surface area (Å²) >= 11 is 0. The van der Waals surface area contributed by atoms with E-state index >= 15 is 0 Å². The molecule has 0 N–H and O–H groups in total. The van der Waals surface area contributed by atoms with Crippen LogP contribution < -0.4 is 0 Å². The summed E-state index contributed by atoms with van der Waals surface area (Å²) in [6, 6.07) is 20.9. The lowest BCUT2D eigenvalue weighted by atomic mass is 9.79. The molecule has 1 aliphatic heterocycles. The van der Waals surface area contributed by atoms with Gasteiger partial charge in [0.05, 0.1) is 12.0 Å². The van der Waals surface area contributed by atoms with Gasteiger partial charge in [0, 0.05) is 6.54 Å². The summed E-state index contributed by atoms with van der Waals surface area (Å²) in [4.78, 5) is 14.5. The van der Waals surface area contributed by atoms with Gasteiger partial charge in [-0.1, -0.05) is 74.0 Å². The second-order valence-electron chi connectivity index (χ2n) is 5.70. The predicted octanol–water partition coefficient (Wildman–Crippen LogP) is 4.19. The Balaban J connectivity index is 1.83. The van der Waals surface area contributed by atoms with Gasteiger partial charge in [-0.25, -0.2) is 0 Å². The van der Waals surface area contributed by atoms with Crippen LogP contribution in [0.5, 0.6) is 0 Å². The quantitative estimate of drug-likeness (QED) is 0.752. The normalized spacial score (nSPS) is 21.2. The van der Waals surface area contributed by atoms with E-state index in [1.165, 1.54) is 11.1 Å². The van der Waals surface area contributed by atoms with Gasteiger partial charge in [0.2, 0.25) is 5.91 Å². The van der Waals surface area contributed by atoms with Gasteiger partial charge >= 0.3 is 0 Å². The van der Waals surface area contributed by atoms with E-state index in [1.54, 1.807) is 0 Å². The average Bonchev–Trinajstić information content (AvgIpc) is 2.55. The van der Waals surface area contributed by atoms with Crippen molar-refractivity contribution in [2.45, 2.75) is 32.4 Å². The molecule has 0 radical (unpaired) electrons. The highest BCUT2D eigenvalue weighted by molar-refractivity contribution is 5.86. The molecule has 2 nitrogen and oxygen atoms in total. The van der Waals surface area contributed by atoms with Crippen molar-refractivity contribution in [1.82, 2.24) is 4.90 Å². The Morgan fingerprint density at radius 2 is 1.57 bits per heavy atom. The van der Waals surface area contributed by atoms with Crippen molar-refractivity contribution >= 4 is 5.91 Å². The van der Waals surface area contributed by atoms with E-state index in [-0.39, 0.29) is 12.0 Å². The number of hydrogen-bond acceptors (Lipinski definition) is 1. The Labute approximate surface area is 126 Å². The van der Waals surface area contributed by atoms with Crippen LogP contribution in [0.2, 0.25) is 0 Å². The maximum absolute atomic E-state index is 12.5. The fraction of sp³-hybridized carbons (Fsp3) is 0.316. The van der Waals surface area contributed by atoms with Crippen LogP contribution in [0.1, 0.15) is 36.9 Å². The Hall–Kier alpha value is -2.09. The number of likely N-dealkylation sites (tertiary alicyclic amines) is 1. The molecule has 1 saturated heterocycles. The molecule has 1 heterocycles. The highest BCUT2D eigenvalue weighted by atomic mass is 16.2. The molecule has 2 unspecified atom stereocenters. The molecule has 1 fully saturated rings. The number of benzene rings is 2. The molecule has 0 aromatic heterocycles. The number of β-lactam (4-membered cyclic amide) rings is 1. The lowest BCUT2D eigenvalue weighted by Crippen LogP contribution is -2.54. The highest BCUT2D eigenvalue weighted by Crippen LogP contribution is 2.43. The van der Waals surface area contributed by atoms with Crippen LogP contribution in [0.15, 0.2) is 60.7 Å². The second kappa shape index (κ2) is 6.13. The average molecular weight is 279 g/mol. The number of carbonyl (C=O) groups is 1. The van der Waals surface area contributed by atoms with Crippen molar-refractivity contribution in [3.63, 3.8) is 0 Å². The zero-order chi connectivity index (χ0) is 14.7. The van der Waals surface area contributed by atoms with E-state index in [1.807, 2.05) is 29.2 Å². The monoisotopic (exact) mass is 279 g/mol. The van der Waals surface area contributed by atoms with Crippen LogP contribution in [-0.2, 0) is 11.3 Å². The summed E-state index contributed by atoms with van der Waals surface area (Å²) in [5, 5.41) is 0. The first-order valence-corrected chi connectivity index (χ1v) is 7.70. The molecule has 3 rings (SSSR count). The summed E-state index contributed by atoms with van der Waals surface area (Å²) in [7, 11) is 0. The van der Waals surface area contributed by atoms with Crippen molar-refractivity contribution in [3.05, 3.63) is 71.8 Å². The molecule has 2 aromatic carbocycles. The lowest BCUT2D eigenvalue weighted by Gasteiger charge is -2.48. The Morgan fingerprint density at radius 1 is 0.952 bits per heavy atom. The van der Waals surface area contributed by atoms with Crippen LogP contribution in [0.25, 0.3) is 0 Å². The molecule has 2 heteroatoms. The maximum Gasteiger partial charge on any atom is 0.228 e. The molecular weight excluding hydrogens is 258 g/mol. The van der Waals surface area contributed by atoms with Crippen molar-refractivity contribution in [1.29, 1.82) is 0 Å². The third-order valence-corrected chi connectivity index (χ3v) is 4.25. The van der Waals surface area contributed by atoms with Gasteiger partial charge in [0.15, 0.2) is 0 Å². The fourth-order valence-corrected chi connectivity index (χ4v) is 3.23. The van der Waals surface area contributed by atoms with Gasteiger partial charge in [-0.05, 0) is 17.5 Å². The molecule has 0 spiro atoms. The number of hydrogen-bond donors (Lipinski definition) is 0. The number of carbonyl (C=O) groups excluding carboxylic acids is 1. The number of nitrogens with zero attached hydrogens (tertiary/aromatic N) is 1. The standard InChI is InChI=1S/C19H21NO/c1-2-9-17-18(16-12-7-4-8-13-16)20(19(17)21)14-15-10-5-3-6-11-15/h3-8,10-13,17-18H,2,9,14H2,1H3. The molecule has 1 amide bonds. The summed E-state index contributed by atoms with van der Waals surface area (Å²) in [5.41, 5.74) is 2.45. The van der Waals surface area contributed by atoms with Crippen LogP contribution in [0.3, 0.4) is 0 Å². The Morgan fingerprint density at radius 3 is 2.19 bits per heavy atom. The van der Waals surface area contributed by atoms with Crippen molar-refractivity contribution in [3.8, 4) is 0 Å². The van der Waals surface area contributed by atoms with Crippen LogP contribution in [-0.4, -0.2) is 10.8 Å². The topological polar surface area (TPSA) is 20.3 Å². The van der Waals surface area contributed by atoms with Gasteiger partial charge in [-0.15, -0.1) is 0 Å². The molecule has 0 aliphatic carbocycles. The molecular formula is C19H21NO. The van der Waals surface area contributed by atoms with Crippen LogP contribution in [0.4, 0.5) is 0 Å². The molecule has 1 aliphatic rings. The molecule has 2 aromatic rings. The Bertz CT molecular complexity index is 593. The minimum Gasteiger partial charge on any atom is -0.330 e. The molecule has 21 heavy (non-hydrogen) atoms. The number of rotatable bonds is 5. The minimum atomic E-state index is 0.154. The lowest BCUT2D eigenvalue weighted by molar-refractivity contribution is -0.158. The van der Waals surface area contributed by atoms with Gasteiger partial charge in [-0.3, -0.25) is 4.79 Å². The van der Waals surface area contributed by atoms with E-state index in [9.17, 15) is 4.79 Å². The third kappa shape index (κ3) is 2.71.